The molecule has 2 aliphatic rings. The zero-order valence-corrected chi connectivity index (χ0v) is 14.5. The van der Waals surface area contributed by atoms with Gasteiger partial charge in [0.2, 0.25) is 0 Å². The molecule has 0 bridgehead atoms. The number of carbonyl (C=O) groups is 2. The van der Waals surface area contributed by atoms with E-state index < -0.39 is 0 Å². The number of methoxy groups -OCH3 is 2. The predicted molar refractivity (Wildman–Crippen MR) is 87.3 cm³/mol. The van der Waals surface area contributed by atoms with Crippen molar-refractivity contribution in [1.82, 2.24) is 0 Å². The molecule has 0 spiro atoms. The number of ether oxygens (including phenoxy) is 2. The van der Waals surface area contributed by atoms with Crippen LogP contribution in [0.25, 0.3) is 5.76 Å². The van der Waals surface area contributed by atoms with E-state index in [1.54, 1.807) is 6.07 Å². The molecule has 1 N–H and O–H groups in total. The first-order valence-electron chi connectivity index (χ1n) is 7.37. The number of Topliss-reactive ketones (excluding diaryl/α,β-unsaturated/α-hetero) is 1. The van der Waals surface area contributed by atoms with E-state index in [4.69, 9.17) is 9.47 Å². The van der Waals surface area contributed by atoms with Gasteiger partial charge >= 0.3 is 5.97 Å². The molecule has 5 nitrogen and oxygen atoms in total. The standard InChI is InChI=1S/C17H17BrO5/c1-22-12-4-3-10(18)14-9-5-8(7-13(20)23-2)6-11(19)15(9)17(21)16(12)14/h3-4,8-9,21H,5-7H2,1-2H3/t8-,9+/m0/s1. The molecule has 6 heteroatoms. The van der Waals surface area contributed by atoms with Crippen LogP contribution >= 0.6 is 15.9 Å². The number of allylic oxidation sites excluding steroid dienone is 1. The Morgan fingerprint density at radius 2 is 2.13 bits per heavy atom. The van der Waals surface area contributed by atoms with Gasteiger partial charge in [0.1, 0.15) is 11.5 Å². The fourth-order valence-corrected chi connectivity index (χ4v) is 4.21. The van der Waals surface area contributed by atoms with Crippen LogP contribution in [0.1, 0.15) is 36.3 Å². The molecule has 122 valence electrons. The summed E-state index contributed by atoms with van der Waals surface area (Å²) in [5.74, 6) is -0.185. The van der Waals surface area contributed by atoms with Crippen LogP contribution in [0.5, 0.6) is 5.75 Å². The Hall–Kier alpha value is -1.82. The highest BCUT2D eigenvalue weighted by Crippen LogP contribution is 2.53. The van der Waals surface area contributed by atoms with E-state index in [0.717, 1.165) is 10.0 Å². The van der Waals surface area contributed by atoms with Gasteiger partial charge in [0.15, 0.2) is 5.78 Å². The number of benzene rings is 1. The second kappa shape index (κ2) is 6.00. The summed E-state index contributed by atoms with van der Waals surface area (Å²) in [7, 11) is 2.88. The lowest BCUT2D eigenvalue weighted by Crippen LogP contribution is -2.25. The van der Waals surface area contributed by atoms with Gasteiger partial charge in [-0.25, -0.2) is 0 Å². The third-order valence-corrected chi connectivity index (χ3v) is 5.28. The maximum Gasteiger partial charge on any atom is 0.305 e. The van der Waals surface area contributed by atoms with E-state index in [1.807, 2.05) is 6.07 Å². The SMILES string of the molecule is COC(=O)C[C@@H]1CC(=O)C2=C(O)c3c(OC)ccc(Br)c3[C@H]2C1. The second-order valence-corrected chi connectivity index (χ2v) is 6.72. The van der Waals surface area contributed by atoms with Gasteiger partial charge in [0, 0.05) is 28.8 Å². The maximum atomic E-state index is 12.5. The van der Waals surface area contributed by atoms with E-state index in [-0.39, 0.29) is 42.2 Å². The predicted octanol–water partition coefficient (Wildman–Crippen LogP) is 3.37. The van der Waals surface area contributed by atoms with E-state index in [2.05, 4.69) is 15.9 Å². The molecule has 0 radical (unpaired) electrons. The van der Waals surface area contributed by atoms with Gasteiger partial charge < -0.3 is 14.6 Å². The lowest BCUT2D eigenvalue weighted by Gasteiger charge is -2.28. The first-order valence-corrected chi connectivity index (χ1v) is 8.17. The van der Waals surface area contributed by atoms with Crippen LogP contribution in [-0.4, -0.2) is 31.1 Å². The first kappa shape index (κ1) is 16.1. The van der Waals surface area contributed by atoms with Crippen molar-refractivity contribution in [3.8, 4) is 5.75 Å². The summed E-state index contributed by atoms with van der Waals surface area (Å²) in [5.41, 5.74) is 1.88. The van der Waals surface area contributed by atoms with Crippen molar-refractivity contribution >= 4 is 33.4 Å². The van der Waals surface area contributed by atoms with Crippen molar-refractivity contribution in [1.29, 1.82) is 0 Å². The topological polar surface area (TPSA) is 72.8 Å². The van der Waals surface area contributed by atoms with Gasteiger partial charge in [-0.1, -0.05) is 15.9 Å². The quantitative estimate of drug-likeness (QED) is 0.813. The summed E-state index contributed by atoms with van der Waals surface area (Å²) in [6.07, 6.45) is 1.08. The molecule has 3 rings (SSSR count). The minimum absolute atomic E-state index is 0.00432. The summed E-state index contributed by atoms with van der Waals surface area (Å²) >= 11 is 3.51. The molecule has 0 aromatic heterocycles. The van der Waals surface area contributed by atoms with Crippen LogP contribution in [0.4, 0.5) is 0 Å². The van der Waals surface area contributed by atoms with E-state index in [0.29, 0.717) is 23.3 Å². The van der Waals surface area contributed by atoms with Crippen molar-refractivity contribution in [3.05, 3.63) is 33.3 Å². The third kappa shape index (κ3) is 2.55. The number of aliphatic hydroxyl groups excluding tert-OH is 1. The number of esters is 1. The van der Waals surface area contributed by atoms with Crippen LogP contribution in [0, 0.1) is 5.92 Å². The van der Waals surface area contributed by atoms with Gasteiger partial charge in [-0.3, -0.25) is 9.59 Å². The molecular formula is C17H17BrO5. The molecule has 0 heterocycles. The monoisotopic (exact) mass is 380 g/mol. The second-order valence-electron chi connectivity index (χ2n) is 5.86. The molecule has 0 unspecified atom stereocenters. The molecule has 0 amide bonds. The smallest absolute Gasteiger partial charge is 0.305 e. The fourth-order valence-electron chi connectivity index (χ4n) is 3.60. The summed E-state index contributed by atoms with van der Waals surface area (Å²) in [5, 5.41) is 10.6. The van der Waals surface area contributed by atoms with Crippen molar-refractivity contribution in [2.45, 2.75) is 25.2 Å². The fraction of sp³-hybridized carbons (Fsp3) is 0.412. The number of carbonyl (C=O) groups excluding carboxylic acids is 2. The van der Waals surface area contributed by atoms with Crippen LogP contribution in [0.2, 0.25) is 0 Å². The van der Waals surface area contributed by atoms with Gasteiger partial charge in [0.25, 0.3) is 0 Å². The Morgan fingerprint density at radius 1 is 1.39 bits per heavy atom. The minimum Gasteiger partial charge on any atom is -0.507 e. The summed E-state index contributed by atoms with van der Waals surface area (Å²) in [6.45, 7) is 0. The lowest BCUT2D eigenvalue weighted by atomic mass is 9.75. The number of hydrogen-bond acceptors (Lipinski definition) is 5. The van der Waals surface area contributed by atoms with Crippen LogP contribution < -0.4 is 4.74 Å². The molecular weight excluding hydrogens is 364 g/mol. The third-order valence-electron chi connectivity index (χ3n) is 4.59. The number of hydrogen-bond donors (Lipinski definition) is 1. The molecule has 0 aliphatic heterocycles. The summed E-state index contributed by atoms with van der Waals surface area (Å²) in [4.78, 5) is 24.1. The average Bonchev–Trinajstić information content (AvgIpc) is 2.82. The Labute approximate surface area is 142 Å². The van der Waals surface area contributed by atoms with Crippen molar-refractivity contribution in [3.63, 3.8) is 0 Å². The van der Waals surface area contributed by atoms with Gasteiger partial charge in [-0.05, 0) is 30.0 Å². The number of rotatable bonds is 3. The average molecular weight is 381 g/mol. The highest BCUT2D eigenvalue weighted by molar-refractivity contribution is 9.10. The Morgan fingerprint density at radius 3 is 2.78 bits per heavy atom. The lowest BCUT2D eigenvalue weighted by molar-refractivity contribution is -0.142. The van der Waals surface area contributed by atoms with Gasteiger partial charge in [-0.2, -0.15) is 0 Å². The Bertz CT molecular complexity index is 722. The molecule has 2 atom stereocenters. The maximum absolute atomic E-state index is 12.5. The summed E-state index contributed by atoms with van der Waals surface area (Å²) in [6, 6.07) is 3.61. The first-order chi connectivity index (χ1) is 11.0. The van der Waals surface area contributed by atoms with Crippen LogP contribution in [-0.2, 0) is 14.3 Å². The van der Waals surface area contributed by atoms with Gasteiger partial charge in [0.05, 0.1) is 19.8 Å². The normalized spacial score (nSPS) is 22.7. The molecule has 1 saturated carbocycles. The zero-order chi connectivity index (χ0) is 16.7. The summed E-state index contributed by atoms with van der Waals surface area (Å²) < 4.78 is 10.9. The number of fused-ring (bicyclic) bond motifs is 3. The highest BCUT2D eigenvalue weighted by Gasteiger charge is 2.43. The van der Waals surface area contributed by atoms with Crippen LogP contribution in [0.15, 0.2) is 22.2 Å². The Kier molecular flexibility index (Phi) is 4.19. The number of ketones is 1. The molecule has 23 heavy (non-hydrogen) atoms. The van der Waals surface area contributed by atoms with E-state index in [9.17, 15) is 14.7 Å². The number of aliphatic hydroxyl groups is 1. The molecule has 0 saturated heterocycles. The number of halogens is 1. The highest BCUT2D eigenvalue weighted by atomic mass is 79.9. The Balaban J connectivity index is 2.04. The van der Waals surface area contributed by atoms with E-state index in [1.165, 1.54) is 14.2 Å². The zero-order valence-electron chi connectivity index (χ0n) is 12.9. The van der Waals surface area contributed by atoms with Crippen LogP contribution in [0.3, 0.4) is 0 Å². The van der Waals surface area contributed by atoms with Crippen molar-refractivity contribution in [2.24, 2.45) is 5.92 Å². The molecule has 2 aliphatic carbocycles. The van der Waals surface area contributed by atoms with Crippen molar-refractivity contribution in [2.75, 3.05) is 14.2 Å². The molecule has 1 fully saturated rings. The molecule has 1 aromatic carbocycles. The van der Waals surface area contributed by atoms with E-state index >= 15 is 0 Å². The van der Waals surface area contributed by atoms with Gasteiger partial charge in [-0.15, -0.1) is 0 Å². The minimum atomic E-state index is -0.317. The molecule has 1 aromatic rings. The largest absolute Gasteiger partial charge is 0.507 e. The van der Waals surface area contributed by atoms with Crippen molar-refractivity contribution < 1.29 is 24.2 Å².